The SMILES string of the molecule is CNC(c1ccncc1)c1ccc(C)c(C)c1. The molecule has 0 amide bonds. The second-order valence-electron chi connectivity index (χ2n) is 4.35. The zero-order chi connectivity index (χ0) is 12.3. The van der Waals surface area contributed by atoms with E-state index >= 15 is 0 Å². The minimum absolute atomic E-state index is 0.234. The van der Waals surface area contributed by atoms with Crippen LogP contribution in [0.2, 0.25) is 0 Å². The summed E-state index contributed by atoms with van der Waals surface area (Å²) in [6, 6.07) is 10.9. The second-order valence-corrected chi connectivity index (χ2v) is 4.35. The molecule has 0 radical (unpaired) electrons. The van der Waals surface area contributed by atoms with Gasteiger partial charge in [0, 0.05) is 12.4 Å². The van der Waals surface area contributed by atoms with Gasteiger partial charge in [0.2, 0.25) is 0 Å². The van der Waals surface area contributed by atoms with Gasteiger partial charge in [0.15, 0.2) is 0 Å². The molecule has 0 aliphatic rings. The molecule has 2 heteroatoms. The van der Waals surface area contributed by atoms with Crippen molar-refractivity contribution in [3.05, 3.63) is 65.0 Å². The molecule has 0 fully saturated rings. The van der Waals surface area contributed by atoms with E-state index < -0.39 is 0 Å². The van der Waals surface area contributed by atoms with E-state index in [0.717, 1.165) is 0 Å². The first-order chi connectivity index (χ1) is 8.22. The summed E-state index contributed by atoms with van der Waals surface area (Å²) in [4.78, 5) is 4.06. The fraction of sp³-hybridized carbons (Fsp3) is 0.267. The summed E-state index contributed by atoms with van der Waals surface area (Å²) in [5.41, 5.74) is 5.20. The molecule has 0 saturated carbocycles. The minimum atomic E-state index is 0.234. The highest BCUT2D eigenvalue weighted by molar-refractivity contribution is 5.36. The third-order valence-corrected chi connectivity index (χ3v) is 3.19. The number of aromatic nitrogens is 1. The van der Waals surface area contributed by atoms with Crippen molar-refractivity contribution >= 4 is 0 Å². The average Bonchev–Trinajstić information content (AvgIpc) is 2.36. The molecule has 2 rings (SSSR count). The number of nitrogens with zero attached hydrogens (tertiary/aromatic N) is 1. The first-order valence-corrected chi connectivity index (χ1v) is 5.86. The Morgan fingerprint density at radius 2 is 1.65 bits per heavy atom. The van der Waals surface area contributed by atoms with E-state index in [-0.39, 0.29) is 6.04 Å². The van der Waals surface area contributed by atoms with Gasteiger partial charge in [0.25, 0.3) is 0 Å². The van der Waals surface area contributed by atoms with Crippen molar-refractivity contribution in [1.82, 2.24) is 10.3 Å². The molecule has 1 aromatic heterocycles. The van der Waals surface area contributed by atoms with E-state index in [2.05, 4.69) is 54.5 Å². The van der Waals surface area contributed by atoms with E-state index in [0.29, 0.717) is 0 Å². The summed E-state index contributed by atoms with van der Waals surface area (Å²) in [6.07, 6.45) is 3.67. The molecule has 17 heavy (non-hydrogen) atoms. The van der Waals surface area contributed by atoms with E-state index in [1.165, 1.54) is 22.3 Å². The maximum absolute atomic E-state index is 4.06. The largest absolute Gasteiger partial charge is 0.309 e. The lowest BCUT2D eigenvalue weighted by Crippen LogP contribution is -2.17. The Kier molecular flexibility index (Phi) is 3.55. The molecule has 2 nitrogen and oxygen atoms in total. The highest BCUT2D eigenvalue weighted by atomic mass is 14.9. The molecule has 0 aliphatic heterocycles. The average molecular weight is 226 g/mol. The van der Waals surface area contributed by atoms with Crippen LogP contribution in [-0.4, -0.2) is 12.0 Å². The molecule has 88 valence electrons. The third kappa shape index (κ3) is 2.53. The molecule has 0 bridgehead atoms. The van der Waals surface area contributed by atoms with Crippen LogP contribution in [0.4, 0.5) is 0 Å². The van der Waals surface area contributed by atoms with E-state index in [1.54, 1.807) is 0 Å². The van der Waals surface area contributed by atoms with Crippen LogP contribution in [0.15, 0.2) is 42.7 Å². The molecule has 1 N–H and O–H groups in total. The Morgan fingerprint density at radius 1 is 0.941 bits per heavy atom. The maximum atomic E-state index is 4.06. The van der Waals surface area contributed by atoms with Gasteiger partial charge >= 0.3 is 0 Å². The van der Waals surface area contributed by atoms with Crippen LogP contribution in [0, 0.1) is 13.8 Å². The molecule has 1 atom stereocenters. The van der Waals surface area contributed by atoms with Crippen molar-refractivity contribution < 1.29 is 0 Å². The van der Waals surface area contributed by atoms with Gasteiger partial charge in [0.05, 0.1) is 6.04 Å². The Balaban J connectivity index is 2.39. The van der Waals surface area contributed by atoms with E-state index in [9.17, 15) is 0 Å². The van der Waals surface area contributed by atoms with Crippen molar-refractivity contribution in [2.75, 3.05) is 7.05 Å². The summed E-state index contributed by atoms with van der Waals surface area (Å²) in [5.74, 6) is 0. The van der Waals surface area contributed by atoms with Gasteiger partial charge in [-0.15, -0.1) is 0 Å². The van der Waals surface area contributed by atoms with Crippen molar-refractivity contribution in [3.63, 3.8) is 0 Å². The van der Waals surface area contributed by atoms with Gasteiger partial charge in [-0.25, -0.2) is 0 Å². The lowest BCUT2D eigenvalue weighted by molar-refractivity contribution is 0.690. The lowest BCUT2D eigenvalue weighted by atomic mass is 9.96. The van der Waals surface area contributed by atoms with Gasteiger partial charge in [-0.3, -0.25) is 4.98 Å². The van der Waals surface area contributed by atoms with Gasteiger partial charge in [-0.2, -0.15) is 0 Å². The Hall–Kier alpha value is -1.67. The molecule has 0 spiro atoms. The predicted octanol–water partition coefficient (Wildman–Crippen LogP) is 3.01. The smallest absolute Gasteiger partial charge is 0.0575 e. The van der Waals surface area contributed by atoms with E-state index in [1.807, 2.05) is 19.4 Å². The van der Waals surface area contributed by atoms with Crippen molar-refractivity contribution in [2.24, 2.45) is 0 Å². The number of nitrogens with one attached hydrogen (secondary N) is 1. The molecule has 1 unspecified atom stereocenters. The van der Waals surface area contributed by atoms with Crippen LogP contribution in [0.1, 0.15) is 28.3 Å². The molecular weight excluding hydrogens is 208 g/mol. The molecule has 2 aromatic rings. The van der Waals surface area contributed by atoms with Crippen LogP contribution in [-0.2, 0) is 0 Å². The minimum Gasteiger partial charge on any atom is -0.309 e. The predicted molar refractivity (Wildman–Crippen MR) is 71.1 cm³/mol. The first-order valence-electron chi connectivity index (χ1n) is 5.86. The summed E-state index contributed by atoms with van der Waals surface area (Å²) >= 11 is 0. The number of benzene rings is 1. The number of aryl methyl sites for hydroxylation is 2. The standard InChI is InChI=1S/C15H18N2/c1-11-4-5-14(10-12(11)2)15(16-3)13-6-8-17-9-7-13/h4-10,15-16H,1-3H3. The Morgan fingerprint density at radius 3 is 2.24 bits per heavy atom. The van der Waals surface area contributed by atoms with Gasteiger partial charge in [-0.1, -0.05) is 18.2 Å². The number of hydrogen-bond donors (Lipinski definition) is 1. The highest BCUT2D eigenvalue weighted by Gasteiger charge is 2.11. The number of pyridine rings is 1. The third-order valence-electron chi connectivity index (χ3n) is 3.19. The van der Waals surface area contributed by atoms with Crippen molar-refractivity contribution in [2.45, 2.75) is 19.9 Å². The molecular formula is C15H18N2. The van der Waals surface area contributed by atoms with Gasteiger partial charge in [-0.05, 0) is 55.3 Å². The Bertz CT molecular complexity index is 492. The molecule has 1 aromatic carbocycles. The molecule has 0 aliphatic carbocycles. The van der Waals surface area contributed by atoms with Crippen LogP contribution in [0.25, 0.3) is 0 Å². The number of hydrogen-bond acceptors (Lipinski definition) is 2. The Labute approximate surface area is 103 Å². The second kappa shape index (κ2) is 5.11. The molecule has 1 heterocycles. The van der Waals surface area contributed by atoms with Crippen LogP contribution in [0.5, 0.6) is 0 Å². The monoisotopic (exact) mass is 226 g/mol. The molecule has 0 saturated heterocycles. The fourth-order valence-electron chi connectivity index (χ4n) is 2.03. The van der Waals surface area contributed by atoms with Crippen LogP contribution >= 0.6 is 0 Å². The fourth-order valence-corrected chi connectivity index (χ4v) is 2.03. The lowest BCUT2D eigenvalue weighted by Gasteiger charge is -2.18. The topological polar surface area (TPSA) is 24.9 Å². The normalized spacial score (nSPS) is 12.4. The van der Waals surface area contributed by atoms with Gasteiger partial charge < -0.3 is 5.32 Å². The van der Waals surface area contributed by atoms with E-state index in [4.69, 9.17) is 0 Å². The quantitative estimate of drug-likeness (QED) is 0.870. The van der Waals surface area contributed by atoms with Gasteiger partial charge in [0.1, 0.15) is 0 Å². The highest BCUT2D eigenvalue weighted by Crippen LogP contribution is 2.23. The summed E-state index contributed by atoms with van der Waals surface area (Å²) in [6.45, 7) is 4.29. The van der Waals surface area contributed by atoms with Crippen molar-refractivity contribution in [3.8, 4) is 0 Å². The summed E-state index contributed by atoms with van der Waals surface area (Å²) in [7, 11) is 1.99. The van der Waals surface area contributed by atoms with Crippen molar-refractivity contribution in [1.29, 1.82) is 0 Å². The van der Waals surface area contributed by atoms with Crippen LogP contribution in [0.3, 0.4) is 0 Å². The maximum Gasteiger partial charge on any atom is 0.0575 e. The van der Waals surface area contributed by atoms with Crippen LogP contribution < -0.4 is 5.32 Å². The summed E-state index contributed by atoms with van der Waals surface area (Å²) < 4.78 is 0. The number of rotatable bonds is 3. The zero-order valence-electron chi connectivity index (χ0n) is 10.6. The zero-order valence-corrected chi connectivity index (χ0v) is 10.6. The summed E-state index contributed by atoms with van der Waals surface area (Å²) in [5, 5.41) is 3.35. The first kappa shape index (κ1) is 11.8.